The molecule has 0 bridgehead atoms. The van der Waals surface area contributed by atoms with Crippen LogP contribution >= 0.6 is 27.5 Å². The van der Waals surface area contributed by atoms with Gasteiger partial charge in [-0.25, -0.2) is 0 Å². The molecule has 0 radical (unpaired) electrons. The smallest absolute Gasteiger partial charge is 0.252 e. The van der Waals surface area contributed by atoms with Gasteiger partial charge in [-0.2, -0.15) is 0 Å². The predicted octanol–water partition coefficient (Wildman–Crippen LogP) is 2.14. The van der Waals surface area contributed by atoms with Gasteiger partial charge in [-0.3, -0.25) is 4.79 Å². The molecular formula is C13H18BrClN2O2. The van der Waals surface area contributed by atoms with Crippen LogP contribution in [0.3, 0.4) is 0 Å². The Bertz CT molecular complexity index is 464. The number of carbonyl (C=O) groups excluding carboxylic acids is 1. The molecule has 4 nitrogen and oxygen atoms in total. The molecule has 0 aliphatic heterocycles. The third kappa shape index (κ3) is 5.48. The highest BCUT2D eigenvalue weighted by Gasteiger charge is 2.22. The molecule has 0 aliphatic rings. The Morgan fingerprint density at radius 2 is 2.16 bits per heavy atom. The normalized spacial score (nSPS) is 14.3. The molecule has 1 rings (SSSR count). The molecule has 0 fully saturated rings. The molecular weight excluding hydrogens is 332 g/mol. The summed E-state index contributed by atoms with van der Waals surface area (Å²) in [6, 6.07) is 4.95. The van der Waals surface area contributed by atoms with Gasteiger partial charge in [0.2, 0.25) is 0 Å². The molecule has 0 spiro atoms. The number of nitrogens with zero attached hydrogens (tertiary/aromatic N) is 1. The molecule has 1 aromatic rings. The first-order valence-electron chi connectivity index (χ1n) is 5.82. The number of aliphatic hydroxyl groups is 1. The minimum Gasteiger partial charge on any atom is -0.387 e. The summed E-state index contributed by atoms with van der Waals surface area (Å²) in [5.74, 6) is -0.248. The van der Waals surface area contributed by atoms with Crippen molar-refractivity contribution in [2.75, 3.05) is 27.2 Å². The van der Waals surface area contributed by atoms with E-state index in [1.807, 2.05) is 19.0 Å². The molecule has 106 valence electrons. The van der Waals surface area contributed by atoms with Crippen molar-refractivity contribution in [2.24, 2.45) is 0 Å². The third-order valence-corrected chi connectivity index (χ3v) is 3.35. The lowest BCUT2D eigenvalue weighted by molar-refractivity contribution is 0.0326. The van der Waals surface area contributed by atoms with Crippen molar-refractivity contribution in [2.45, 2.75) is 12.5 Å². The van der Waals surface area contributed by atoms with Gasteiger partial charge < -0.3 is 15.3 Å². The zero-order valence-electron chi connectivity index (χ0n) is 11.2. The number of hydrogen-bond acceptors (Lipinski definition) is 3. The second-order valence-corrected chi connectivity index (χ2v) is 6.33. The van der Waals surface area contributed by atoms with Crippen molar-refractivity contribution in [3.63, 3.8) is 0 Å². The lowest BCUT2D eigenvalue weighted by atomic mass is 10.1. The van der Waals surface area contributed by atoms with E-state index in [1.54, 1.807) is 25.1 Å². The Kier molecular flexibility index (Phi) is 5.80. The number of amides is 1. The average Bonchev–Trinajstić information content (AvgIpc) is 2.24. The van der Waals surface area contributed by atoms with Crippen LogP contribution in [0.4, 0.5) is 0 Å². The molecule has 0 saturated heterocycles. The van der Waals surface area contributed by atoms with Crippen molar-refractivity contribution in [3.05, 3.63) is 33.3 Å². The van der Waals surface area contributed by atoms with Crippen LogP contribution < -0.4 is 5.32 Å². The lowest BCUT2D eigenvalue weighted by Gasteiger charge is -2.27. The molecule has 0 aromatic heterocycles. The fraction of sp³-hybridized carbons (Fsp3) is 0.462. The van der Waals surface area contributed by atoms with Gasteiger partial charge in [-0.15, -0.1) is 0 Å². The van der Waals surface area contributed by atoms with Gasteiger partial charge in [-0.05, 0) is 55.1 Å². The molecule has 1 amide bonds. The summed E-state index contributed by atoms with van der Waals surface area (Å²) >= 11 is 9.11. The number of halogens is 2. The molecule has 6 heteroatoms. The zero-order chi connectivity index (χ0) is 14.6. The molecule has 2 N–H and O–H groups in total. The second-order valence-electron chi connectivity index (χ2n) is 5.04. The fourth-order valence-electron chi connectivity index (χ4n) is 1.78. The van der Waals surface area contributed by atoms with Crippen molar-refractivity contribution in [3.8, 4) is 0 Å². The van der Waals surface area contributed by atoms with E-state index < -0.39 is 5.60 Å². The molecule has 19 heavy (non-hydrogen) atoms. The van der Waals surface area contributed by atoms with Crippen molar-refractivity contribution >= 4 is 33.4 Å². The standard InChI is InChI=1S/C13H18BrClN2O2/c1-13(19,8-17(2)3)7-16-12(18)10-5-4-9(15)6-11(10)14/h4-6,19H,7-8H2,1-3H3,(H,16,18). The van der Waals surface area contributed by atoms with Gasteiger partial charge in [-0.1, -0.05) is 11.6 Å². The number of rotatable bonds is 5. The van der Waals surface area contributed by atoms with Crippen LogP contribution in [0, 0.1) is 0 Å². The number of carbonyl (C=O) groups is 1. The number of likely N-dealkylation sites (N-methyl/N-ethyl adjacent to an activating group) is 1. The van der Waals surface area contributed by atoms with Gasteiger partial charge in [0.15, 0.2) is 0 Å². The van der Waals surface area contributed by atoms with Crippen LogP contribution in [0.1, 0.15) is 17.3 Å². The highest BCUT2D eigenvalue weighted by molar-refractivity contribution is 9.10. The van der Waals surface area contributed by atoms with Crippen LogP contribution in [0.15, 0.2) is 22.7 Å². The summed E-state index contributed by atoms with van der Waals surface area (Å²) < 4.78 is 0.629. The van der Waals surface area contributed by atoms with Gasteiger partial charge in [0, 0.05) is 22.6 Å². The Labute approximate surface area is 126 Å². The fourth-order valence-corrected chi connectivity index (χ4v) is 2.64. The molecule has 1 unspecified atom stereocenters. The van der Waals surface area contributed by atoms with E-state index >= 15 is 0 Å². The maximum absolute atomic E-state index is 12.0. The number of benzene rings is 1. The Hall–Kier alpha value is -0.620. The molecule has 0 saturated carbocycles. The summed E-state index contributed by atoms with van der Waals surface area (Å²) in [5, 5.41) is 13.4. The molecule has 0 aliphatic carbocycles. The SMILES string of the molecule is CN(C)CC(C)(O)CNC(=O)c1ccc(Cl)cc1Br. The monoisotopic (exact) mass is 348 g/mol. The van der Waals surface area contributed by atoms with E-state index in [1.165, 1.54) is 0 Å². The largest absolute Gasteiger partial charge is 0.387 e. The first-order chi connectivity index (χ1) is 8.71. The quantitative estimate of drug-likeness (QED) is 0.856. The Morgan fingerprint density at radius 1 is 1.53 bits per heavy atom. The summed E-state index contributed by atoms with van der Waals surface area (Å²) in [7, 11) is 3.73. The highest BCUT2D eigenvalue weighted by Crippen LogP contribution is 2.21. The first kappa shape index (κ1) is 16.4. The van der Waals surface area contributed by atoms with Crippen LogP contribution in [0.5, 0.6) is 0 Å². The third-order valence-electron chi connectivity index (χ3n) is 2.46. The number of hydrogen-bond donors (Lipinski definition) is 2. The van der Waals surface area contributed by atoms with Gasteiger partial charge in [0.1, 0.15) is 0 Å². The minimum absolute atomic E-state index is 0.180. The topological polar surface area (TPSA) is 52.6 Å². The Morgan fingerprint density at radius 3 is 2.68 bits per heavy atom. The van der Waals surface area contributed by atoms with E-state index in [9.17, 15) is 9.90 Å². The zero-order valence-corrected chi connectivity index (χ0v) is 13.5. The van der Waals surface area contributed by atoms with Gasteiger partial charge in [0.05, 0.1) is 11.2 Å². The van der Waals surface area contributed by atoms with Gasteiger partial charge in [0.25, 0.3) is 5.91 Å². The molecule has 1 aromatic carbocycles. The first-order valence-corrected chi connectivity index (χ1v) is 6.99. The van der Waals surface area contributed by atoms with Crippen LogP contribution in [0.2, 0.25) is 5.02 Å². The van der Waals surface area contributed by atoms with E-state index in [2.05, 4.69) is 21.2 Å². The van der Waals surface area contributed by atoms with E-state index in [0.29, 0.717) is 21.6 Å². The van der Waals surface area contributed by atoms with E-state index in [-0.39, 0.29) is 12.5 Å². The number of nitrogens with one attached hydrogen (secondary N) is 1. The summed E-state index contributed by atoms with van der Waals surface area (Å²) in [4.78, 5) is 13.9. The summed E-state index contributed by atoms with van der Waals surface area (Å²) in [5.41, 5.74) is -0.483. The maximum Gasteiger partial charge on any atom is 0.252 e. The van der Waals surface area contributed by atoms with Gasteiger partial charge >= 0.3 is 0 Å². The van der Waals surface area contributed by atoms with Crippen molar-refractivity contribution < 1.29 is 9.90 Å². The van der Waals surface area contributed by atoms with Crippen LogP contribution in [-0.2, 0) is 0 Å². The molecule has 0 heterocycles. The lowest BCUT2D eigenvalue weighted by Crippen LogP contribution is -2.47. The van der Waals surface area contributed by atoms with Crippen molar-refractivity contribution in [1.29, 1.82) is 0 Å². The van der Waals surface area contributed by atoms with E-state index in [4.69, 9.17) is 11.6 Å². The molecule has 1 atom stereocenters. The average molecular weight is 350 g/mol. The summed E-state index contributed by atoms with van der Waals surface area (Å²) in [6.07, 6.45) is 0. The minimum atomic E-state index is -0.974. The van der Waals surface area contributed by atoms with E-state index in [0.717, 1.165) is 0 Å². The van der Waals surface area contributed by atoms with Crippen molar-refractivity contribution in [1.82, 2.24) is 10.2 Å². The predicted molar refractivity (Wildman–Crippen MR) is 80.7 cm³/mol. The van der Waals surface area contributed by atoms with Crippen LogP contribution in [0.25, 0.3) is 0 Å². The highest BCUT2D eigenvalue weighted by atomic mass is 79.9. The summed E-state index contributed by atoms with van der Waals surface area (Å²) in [6.45, 7) is 2.33. The maximum atomic E-state index is 12.0. The van der Waals surface area contributed by atoms with Crippen LogP contribution in [-0.4, -0.2) is 48.7 Å². The second kappa shape index (κ2) is 6.70. The Balaban J connectivity index is 2.65.